The first-order valence-electron chi connectivity index (χ1n) is 4.68. The Balaban J connectivity index is 2.26. The van der Waals surface area contributed by atoms with Crippen molar-refractivity contribution in [1.82, 2.24) is 0 Å². The molecule has 1 aromatic heterocycles. The molecule has 0 spiro atoms. The lowest BCUT2D eigenvalue weighted by Crippen LogP contribution is -1.83. The molecule has 0 N–H and O–H groups in total. The minimum atomic E-state index is 0.988. The zero-order chi connectivity index (χ0) is 9.10. The van der Waals surface area contributed by atoms with Crippen molar-refractivity contribution in [2.75, 3.05) is 0 Å². The summed E-state index contributed by atoms with van der Waals surface area (Å²) in [7, 11) is 0. The van der Waals surface area contributed by atoms with Gasteiger partial charge in [-0.1, -0.05) is 25.5 Å². The van der Waals surface area contributed by atoms with E-state index in [1.165, 1.54) is 10.9 Å². The number of hydrogen-bond donors (Lipinski definition) is 0. The van der Waals surface area contributed by atoms with E-state index in [2.05, 4.69) is 31.5 Å². The Kier molecular flexibility index (Phi) is 2.35. The van der Waals surface area contributed by atoms with Crippen LogP contribution in [0.3, 0.4) is 0 Å². The molecule has 1 nitrogen and oxygen atoms in total. The summed E-state index contributed by atoms with van der Waals surface area (Å²) in [5, 5.41) is 1.18. The maximum atomic E-state index is 5.32. The molecule has 0 fully saturated rings. The van der Waals surface area contributed by atoms with Gasteiger partial charge in [0.25, 0.3) is 0 Å². The molecule has 1 radical (unpaired) electrons. The zero-order valence-corrected chi connectivity index (χ0v) is 7.79. The highest BCUT2D eigenvalue weighted by Crippen LogP contribution is 2.17. The lowest BCUT2D eigenvalue weighted by molar-refractivity contribution is 0.615. The SMILES string of the molecule is CC[CH]Cc1ccc2ccoc2c1. The van der Waals surface area contributed by atoms with E-state index in [1.54, 1.807) is 6.26 Å². The maximum Gasteiger partial charge on any atom is 0.134 e. The molecule has 0 aliphatic carbocycles. The molecule has 67 valence electrons. The summed E-state index contributed by atoms with van der Waals surface area (Å²) in [6.45, 7) is 2.16. The van der Waals surface area contributed by atoms with Crippen LogP contribution >= 0.6 is 0 Å². The fourth-order valence-corrected chi connectivity index (χ4v) is 1.44. The van der Waals surface area contributed by atoms with E-state index in [1.807, 2.05) is 6.07 Å². The highest BCUT2D eigenvalue weighted by atomic mass is 16.3. The van der Waals surface area contributed by atoms with E-state index in [0.717, 1.165) is 18.4 Å². The standard InChI is InChI=1S/C12H13O/c1-2-3-4-10-5-6-11-7-8-13-12(11)9-10/h3,5-9H,2,4H2,1H3. The van der Waals surface area contributed by atoms with E-state index in [9.17, 15) is 0 Å². The van der Waals surface area contributed by atoms with Crippen molar-refractivity contribution >= 4 is 11.0 Å². The molecular formula is C12H13O. The molecule has 1 heteroatoms. The quantitative estimate of drug-likeness (QED) is 0.691. The second-order valence-corrected chi connectivity index (χ2v) is 3.19. The zero-order valence-electron chi connectivity index (χ0n) is 7.79. The van der Waals surface area contributed by atoms with Gasteiger partial charge in [-0.2, -0.15) is 0 Å². The number of rotatable bonds is 3. The Labute approximate surface area is 78.4 Å². The summed E-state index contributed by atoms with van der Waals surface area (Å²) in [6, 6.07) is 8.37. The molecule has 0 aliphatic heterocycles. The van der Waals surface area contributed by atoms with Crippen molar-refractivity contribution in [3.63, 3.8) is 0 Å². The predicted octanol–water partition coefficient (Wildman–Crippen LogP) is 3.59. The molecule has 0 unspecified atom stereocenters. The normalized spacial score (nSPS) is 10.8. The molecule has 1 aromatic carbocycles. The van der Waals surface area contributed by atoms with Gasteiger partial charge in [0.1, 0.15) is 5.58 Å². The molecule has 0 atom stereocenters. The minimum absolute atomic E-state index is 0.988. The predicted molar refractivity (Wildman–Crippen MR) is 54.5 cm³/mol. The molecule has 2 rings (SSSR count). The monoisotopic (exact) mass is 173 g/mol. The molecule has 0 aliphatic rings. The van der Waals surface area contributed by atoms with Gasteiger partial charge in [0.15, 0.2) is 0 Å². The van der Waals surface area contributed by atoms with Gasteiger partial charge in [-0.25, -0.2) is 0 Å². The van der Waals surface area contributed by atoms with Crippen LogP contribution in [-0.4, -0.2) is 0 Å². The van der Waals surface area contributed by atoms with E-state index in [4.69, 9.17) is 4.42 Å². The Morgan fingerprint density at radius 3 is 3.08 bits per heavy atom. The molecule has 1 heterocycles. The smallest absolute Gasteiger partial charge is 0.134 e. The minimum Gasteiger partial charge on any atom is -0.464 e. The van der Waals surface area contributed by atoms with Crippen LogP contribution in [0.2, 0.25) is 0 Å². The molecule has 0 bridgehead atoms. The molecular weight excluding hydrogens is 160 g/mol. The Hall–Kier alpha value is -1.24. The van der Waals surface area contributed by atoms with Gasteiger partial charge in [0.2, 0.25) is 0 Å². The second-order valence-electron chi connectivity index (χ2n) is 3.19. The van der Waals surface area contributed by atoms with Crippen molar-refractivity contribution in [1.29, 1.82) is 0 Å². The van der Waals surface area contributed by atoms with Gasteiger partial charge in [0, 0.05) is 5.39 Å². The van der Waals surface area contributed by atoms with Crippen LogP contribution in [0, 0.1) is 6.42 Å². The molecule has 0 amide bonds. The average molecular weight is 173 g/mol. The molecule has 0 saturated carbocycles. The number of furan rings is 1. The maximum absolute atomic E-state index is 5.32. The van der Waals surface area contributed by atoms with Crippen molar-refractivity contribution in [2.45, 2.75) is 19.8 Å². The van der Waals surface area contributed by atoms with Crippen LogP contribution in [0.5, 0.6) is 0 Å². The first-order valence-corrected chi connectivity index (χ1v) is 4.68. The summed E-state index contributed by atoms with van der Waals surface area (Å²) in [5.41, 5.74) is 2.31. The summed E-state index contributed by atoms with van der Waals surface area (Å²) >= 11 is 0. The van der Waals surface area contributed by atoms with Gasteiger partial charge >= 0.3 is 0 Å². The first-order chi connectivity index (χ1) is 6.40. The van der Waals surface area contributed by atoms with Crippen molar-refractivity contribution in [3.8, 4) is 0 Å². The average Bonchev–Trinajstić information content (AvgIpc) is 2.61. The number of unbranched alkanes of at least 4 members (excludes halogenated alkanes) is 1. The van der Waals surface area contributed by atoms with Crippen molar-refractivity contribution < 1.29 is 4.42 Å². The highest BCUT2D eigenvalue weighted by molar-refractivity contribution is 5.77. The molecule has 2 aromatic rings. The van der Waals surface area contributed by atoms with E-state index in [-0.39, 0.29) is 0 Å². The summed E-state index contributed by atoms with van der Waals surface area (Å²) in [6.07, 6.45) is 6.16. The fraction of sp³-hybridized carbons (Fsp3) is 0.250. The molecule has 13 heavy (non-hydrogen) atoms. The number of benzene rings is 1. The van der Waals surface area contributed by atoms with Crippen LogP contribution in [0.1, 0.15) is 18.9 Å². The van der Waals surface area contributed by atoms with Crippen molar-refractivity contribution in [3.05, 3.63) is 42.5 Å². The van der Waals surface area contributed by atoms with E-state index < -0.39 is 0 Å². The van der Waals surface area contributed by atoms with Gasteiger partial charge < -0.3 is 4.42 Å². The van der Waals surface area contributed by atoms with Crippen molar-refractivity contribution in [2.24, 2.45) is 0 Å². The van der Waals surface area contributed by atoms with Gasteiger partial charge in [-0.05, 0) is 30.5 Å². The third kappa shape index (κ3) is 1.74. The van der Waals surface area contributed by atoms with Crippen LogP contribution in [0.25, 0.3) is 11.0 Å². The van der Waals surface area contributed by atoms with Gasteiger partial charge in [-0.3, -0.25) is 0 Å². The lowest BCUT2D eigenvalue weighted by Gasteiger charge is -1.98. The van der Waals surface area contributed by atoms with E-state index in [0.29, 0.717) is 0 Å². The highest BCUT2D eigenvalue weighted by Gasteiger charge is 1.98. The fourth-order valence-electron chi connectivity index (χ4n) is 1.44. The third-order valence-electron chi connectivity index (χ3n) is 2.19. The number of fused-ring (bicyclic) bond motifs is 1. The largest absolute Gasteiger partial charge is 0.464 e. The van der Waals surface area contributed by atoms with E-state index >= 15 is 0 Å². The van der Waals surface area contributed by atoms with Crippen LogP contribution in [-0.2, 0) is 6.42 Å². The van der Waals surface area contributed by atoms with Gasteiger partial charge in [-0.15, -0.1) is 0 Å². The Morgan fingerprint density at radius 2 is 2.23 bits per heavy atom. The van der Waals surface area contributed by atoms with Crippen LogP contribution in [0.4, 0.5) is 0 Å². The first kappa shape index (κ1) is 8.36. The Bertz CT molecular complexity index is 387. The summed E-state index contributed by atoms with van der Waals surface area (Å²) in [5.74, 6) is 0. The number of hydrogen-bond acceptors (Lipinski definition) is 1. The topological polar surface area (TPSA) is 13.1 Å². The summed E-state index contributed by atoms with van der Waals surface area (Å²) in [4.78, 5) is 0. The van der Waals surface area contributed by atoms with Crippen LogP contribution in [0.15, 0.2) is 34.9 Å². The third-order valence-corrected chi connectivity index (χ3v) is 2.19. The molecule has 0 saturated heterocycles. The second kappa shape index (κ2) is 3.65. The van der Waals surface area contributed by atoms with Gasteiger partial charge in [0.05, 0.1) is 6.26 Å². The summed E-state index contributed by atoms with van der Waals surface area (Å²) < 4.78 is 5.32. The Morgan fingerprint density at radius 1 is 1.31 bits per heavy atom. The lowest BCUT2D eigenvalue weighted by atomic mass is 10.1. The van der Waals surface area contributed by atoms with Crippen LogP contribution < -0.4 is 0 Å².